The maximum absolute atomic E-state index is 12.1. The van der Waals surface area contributed by atoms with Gasteiger partial charge in [0.15, 0.2) is 0 Å². The molecule has 1 aliphatic rings. The van der Waals surface area contributed by atoms with Gasteiger partial charge in [-0.2, -0.15) is 0 Å². The largest absolute Gasteiger partial charge is 0.384 e. The Hall–Kier alpha value is -1.78. The zero-order chi connectivity index (χ0) is 12.4. The van der Waals surface area contributed by atoms with Crippen LogP contribution in [-0.2, 0) is 0 Å². The number of amidine groups is 1. The Morgan fingerprint density at radius 3 is 2.41 bits per heavy atom. The molecule has 0 aromatic heterocycles. The highest BCUT2D eigenvalue weighted by molar-refractivity contribution is 6.12. The van der Waals surface area contributed by atoms with Crippen LogP contribution in [0.5, 0.6) is 0 Å². The van der Waals surface area contributed by atoms with Crippen molar-refractivity contribution in [2.75, 3.05) is 13.1 Å². The van der Waals surface area contributed by atoms with Crippen LogP contribution in [0.2, 0.25) is 5.82 Å². The van der Waals surface area contributed by atoms with E-state index in [1.54, 1.807) is 29.2 Å². The fraction of sp³-hybridized carbons (Fsp3) is 0.333. The second kappa shape index (κ2) is 4.61. The molecule has 1 aliphatic heterocycles. The highest BCUT2D eigenvalue weighted by Crippen LogP contribution is 2.20. The maximum Gasteiger partial charge on any atom is 0.253 e. The van der Waals surface area contributed by atoms with Crippen LogP contribution in [0.3, 0.4) is 0 Å². The van der Waals surface area contributed by atoms with Gasteiger partial charge in [-0.25, -0.2) is 0 Å². The number of amides is 1. The molecular formula is C12H14BN3O. The Morgan fingerprint density at radius 1 is 1.35 bits per heavy atom. The number of carbonyl (C=O) groups is 1. The van der Waals surface area contributed by atoms with Crippen LogP contribution in [0.25, 0.3) is 0 Å². The van der Waals surface area contributed by atoms with Crippen molar-refractivity contribution in [2.45, 2.75) is 12.2 Å². The van der Waals surface area contributed by atoms with E-state index >= 15 is 0 Å². The molecular weight excluding hydrogens is 213 g/mol. The molecule has 3 N–H and O–H groups in total. The Kier molecular flexibility index (Phi) is 3.18. The molecule has 0 aliphatic carbocycles. The minimum Gasteiger partial charge on any atom is -0.384 e. The van der Waals surface area contributed by atoms with Crippen molar-refractivity contribution in [3.63, 3.8) is 0 Å². The Bertz CT molecular complexity index is 444. The van der Waals surface area contributed by atoms with Gasteiger partial charge in [0, 0.05) is 24.2 Å². The summed E-state index contributed by atoms with van der Waals surface area (Å²) in [7, 11) is 5.77. The third kappa shape index (κ3) is 2.49. The lowest BCUT2D eigenvalue weighted by atomic mass is 9.87. The standard InChI is InChI=1S/C12H14BN3O/c13-10-5-6-16(7-10)12(17)9-3-1-8(2-4-9)11(14)15/h1-4,10H,5-7H2,(H3,14,15). The molecule has 17 heavy (non-hydrogen) atoms. The van der Waals surface area contributed by atoms with Crippen LogP contribution < -0.4 is 5.73 Å². The van der Waals surface area contributed by atoms with Crippen molar-refractivity contribution in [1.29, 1.82) is 5.41 Å². The van der Waals surface area contributed by atoms with E-state index in [1.807, 2.05) is 0 Å². The molecule has 4 nitrogen and oxygen atoms in total. The molecule has 5 heteroatoms. The summed E-state index contributed by atoms with van der Waals surface area (Å²) in [5.41, 5.74) is 6.59. The van der Waals surface area contributed by atoms with Crippen LogP contribution >= 0.6 is 0 Å². The second-order valence-electron chi connectivity index (χ2n) is 4.29. The zero-order valence-corrected chi connectivity index (χ0v) is 9.52. The summed E-state index contributed by atoms with van der Waals surface area (Å²) in [6.45, 7) is 1.34. The first-order valence-electron chi connectivity index (χ1n) is 5.57. The van der Waals surface area contributed by atoms with Crippen molar-refractivity contribution in [1.82, 2.24) is 4.90 Å². The maximum atomic E-state index is 12.1. The lowest BCUT2D eigenvalue weighted by Crippen LogP contribution is -2.28. The number of benzene rings is 1. The lowest BCUT2D eigenvalue weighted by Gasteiger charge is -2.16. The molecule has 1 saturated heterocycles. The number of rotatable bonds is 2. The number of nitrogens with two attached hydrogens (primary N) is 1. The van der Waals surface area contributed by atoms with Crippen molar-refractivity contribution in [3.05, 3.63) is 35.4 Å². The smallest absolute Gasteiger partial charge is 0.253 e. The van der Waals surface area contributed by atoms with Crippen molar-refractivity contribution >= 4 is 19.6 Å². The van der Waals surface area contributed by atoms with Gasteiger partial charge in [-0.05, 0) is 18.6 Å². The molecule has 86 valence electrons. The number of hydrogen-bond acceptors (Lipinski definition) is 2. The minimum atomic E-state index is -0.00643. The third-order valence-corrected chi connectivity index (χ3v) is 2.95. The number of nitrogens with zero attached hydrogens (tertiary/aromatic N) is 1. The van der Waals surface area contributed by atoms with Gasteiger partial charge >= 0.3 is 0 Å². The van der Waals surface area contributed by atoms with Gasteiger partial charge in [0.05, 0.1) is 7.85 Å². The molecule has 0 saturated carbocycles. The average Bonchev–Trinajstić information content (AvgIpc) is 2.75. The molecule has 1 aromatic rings. The molecule has 1 amide bonds. The highest BCUT2D eigenvalue weighted by atomic mass is 16.2. The molecule has 1 unspecified atom stereocenters. The second-order valence-corrected chi connectivity index (χ2v) is 4.29. The number of nitrogens with one attached hydrogen (secondary N) is 1. The molecule has 2 rings (SSSR count). The first-order chi connectivity index (χ1) is 8.08. The number of carbonyl (C=O) groups excluding carboxylic acids is 1. The quantitative estimate of drug-likeness (QED) is 0.445. The van der Waals surface area contributed by atoms with E-state index in [4.69, 9.17) is 19.0 Å². The predicted molar refractivity (Wildman–Crippen MR) is 67.5 cm³/mol. The molecule has 1 aromatic carbocycles. The molecule has 0 bridgehead atoms. The van der Waals surface area contributed by atoms with Crippen LogP contribution in [0.1, 0.15) is 22.3 Å². The van der Waals surface area contributed by atoms with Crippen LogP contribution in [-0.4, -0.2) is 37.6 Å². The van der Waals surface area contributed by atoms with E-state index in [2.05, 4.69) is 0 Å². The summed E-state index contributed by atoms with van der Waals surface area (Å²) in [5.74, 6) is 0.0932. The van der Waals surface area contributed by atoms with Gasteiger partial charge in [-0.1, -0.05) is 17.9 Å². The first kappa shape index (κ1) is 11.7. The van der Waals surface area contributed by atoms with Crippen molar-refractivity contribution in [3.8, 4) is 0 Å². The normalized spacial score (nSPS) is 19.3. The summed E-state index contributed by atoms with van der Waals surface area (Å²) in [6.07, 6.45) is 0.858. The molecule has 1 fully saturated rings. The minimum absolute atomic E-state index is 0.00643. The fourth-order valence-electron chi connectivity index (χ4n) is 1.95. The SMILES string of the molecule is [B]C1CCN(C(=O)c2ccc(C(=N)N)cc2)C1. The number of nitrogen functional groups attached to an aromatic ring is 1. The van der Waals surface area contributed by atoms with Crippen molar-refractivity contribution in [2.24, 2.45) is 5.73 Å². The van der Waals surface area contributed by atoms with Gasteiger partial charge < -0.3 is 10.6 Å². The van der Waals surface area contributed by atoms with Gasteiger partial charge in [0.2, 0.25) is 0 Å². The third-order valence-electron chi connectivity index (χ3n) is 2.95. The number of likely N-dealkylation sites (tertiary alicyclic amines) is 1. The monoisotopic (exact) mass is 227 g/mol. The summed E-state index contributed by atoms with van der Waals surface area (Å²) in [6, 6.07) is 6.77. The van der Waals surface area contributed by atoms with Gasteiger partial charge in [0.1, 0.15) is 5.84 Å². The van der Waals surface area contributed by atoms with Gasteiger partial charge in [-0.3, -0.25) is 10.2 Å². The van der Waals surface area contributed by atoms with Gasteiger partial charge in [-0.15, -0.1) is 0 Å². The molecule has 1 atom stereocenters. The zero-order valence-electron chi connectivity index (χ0n) is 9.52. The Balaban J connectivity index is 2.12. The van der Waals surface area contributed by atoms with E-state index in [0.29, 0.717) is 24.2 Å². The summed E-state index contributed by atoms with van der Waals surface area (Å²) in [5, 5.41) is 7.27. The fourth-order valence-corrected chi connectivity index (χ4v) is 1.95. The van der Waals surface area contributed by atoms with Crippen LogP contribution in [0.15, 0.2) is 24.3 Å². The summed E-state index contributed by atoms with van der Waals surface area (Å²) in [4.78, 5) is 13.8. The first-order valence-corrected chi connectivity index (χ1v) is 5.57. The molecule has 2 radical (unpaired) electrons. The van der Waals surface area contributed by atoms with E-state index in [9.17, 15) is 4.79 Å². The Morgan fingerprint density at radius 2 is 1.94 bits per heavy atom. The van der Waals surface area contributed by atoms with Crippen LogP contribution in [0.4, 0.5) is 0 Å². The van der Waals surface area contributed by atoms with E-state index in [0.717, 1.165) is 6.42 Å². The van der Waals surface area contributed by atoms with E-state index in [1.165, 1.54) is 0 Å². The Labute approximate surface area is 102 Å². The number of hydrogen-bond donors (Lipinski definition) is 2. The summed E-state index contributed by atoms with van der Waals surface area (Å²) < 4.78 is 0. The molecule has 1 heterocycles. The predicted octanol–water partition coefficient (Wildman–Crippen LogP) is 0.774. The van der Waals surface area contributed by atoms with Crippen LogP contribution in [0, 0.1) is 5.41 Å². The van der Waals surface area contributed by atoms with Gasteiger partial charge in [0.25, 0.3) is 5.91 Å². The van der Waals surface area contributed by atoms with Crippen molar-refractivity contribution < 1.29 is 4.79 Å². The lowest BCUT2D eigenvalue weighted by molar-refractivity contribution is 0.0793. The topological polar surface area (TPSA) is 70.2 Å². The molecule has 0 spiro atoms. The average molecular weight is 227 g/mol. The van der Waals surface area contributed by atoms with E-state index in [-0.39, 0.29) is 17.6 Å². The highest BCUT2D eigenvalue weighted by Gasteiger charge is 2.23. The summed E-state index contributed by atoms with van der Waals surface area (Å²) >= 11 is 0. The van der Waals surface area contributed by atoms with E-state index < -0.39 is 0 Å².